The standard InChI is InChI=1S/C11H17N5O2/c1-7-3-8(2)15(6-7)11-5-9(16(17)18)4-10(13-11)14-12/h4-5,7-8H,3,6,12H2,1-2H3,(H,13,14). The summed E-state index contributed by atoms with van der Waals surface area (Å²) in [5, 5.41) is 10.9. The monoisotopic (exact) mass is 251 g/mol. The van der Waals surface area contributed by atoms with Crippen LogP contribution in [0.4, 0.5) is 17.3 Å². The summed E-state index contributed by atoms with van der Waals surface area (Å²) in [5.41, 5.74) is 2.37. The fourth-order valence-corrected chi connectivity index (χ4v) is 2.45. The molecule has 0 bridgehead atoms. The zero-order valence-corrected chi connectivity index (χ0v) is 10.5. The molecule has 0 aliphatic carbocycles. The summed E-state index contributed by atoms with van der Waals surface area (Å²) in [4.78, 5) is 16.8. The lowest BCUT2D eigenvalue weighted by Crippen LogP contribution is -2.28. The minimum atomic E-state index is -0.434. The normalized spacial score (nSPS) is 23.2. The molecule has 1 saturated heterocycles. The molecular formula is C11H17N5O2. The van der Waals surface area contributed by atoms with Crippen LogP contribution in [0.2, 0.25) is 0 Å². The van der Waals surface area contributed by atoms with Crippen molar-refractivity contribution in [1.82, 2.24) is 4.98 Å². The zero-order chi connectivity index (χ0) is 13.3. The molecule has 0 amide bonds. The van der Waals surface area contributed by atoms with Crippen LogP contribution in [-0.4, -0.2) is 22.5 Å². The van der Waals surface area contributed by atoms with Crippen molar-refractivity contribution in [3.8, 4) is 0 Å². The molecule has 2 atom stereocenters. The highest BCUT2D eigenvalue weighted by Gasteiger charge is 2.28. The number of aromatic nitrogens is 1. The third-order valence-electron chi connectivity index (χ3n) is 3.23. The van der Waals surface area contributed by atoms with Crippen molar-refractivity contribution in [2.45, 2.75) is 26.3 Å². The van der Waals surface area contributed by atoms with Crippen molar-refractivity contribution >= 4 is 17.3 Å². The number of nitrogens with two attached hydrogens (primary N) is 1. The lowest BCUT2D eigenvalue weighted by Gasteiger charge is -2.22. The van der Waals surface area contributed by atoms with Gasteiger partial charge in [0.05, 0.1) is 17.1 Å². The molecule has 7 heteroatoms. The Bertz CT molecular complexity index is 465. The maximum atomic E-state index is 10.9. The van der Waals surface area contributed by atoms with E-state index in [-0.39, 0.29) is 5.69 Å². The summed E-state index contributed by atoms with van der Waals surface area (Å²) in [6.45, 7) is 5.12. The van der Waals surface area contributed by atoms with Gasteiger partial charge in [0.15, 0.2) is 0 Å². The summed E-state index contributed by atoms with van der Waals surface area (Å²) < 4.78 is 0. The molecule has 2 heterocycles. The van der Waals surface area contributed by atoms with E-state index in [1.54, 1.807) is 0 Å². The second kappa shape index (κ2) is 4.77. The molecule has 1 aliphatic heterocycles. The molecule has 2 rings (SSSR count). The number of hydrogen-bond acceptors (Lipinski definition) is 6. The molecule has 1 fully saturated rings. The molecule has 0 saturated carbocycles. The lowest BCUT2D eigenvalue weighted by atomic mass is 10.1. The quantitative estimate of drug-likeness (QED) is 0.480. The van der Waals surface area contributed by atoms with E-state index in [4.69, 9.17) is 5.84 Å². The Balaban J connectivity index is 2.37. The molecule has 18 heavy (non-hydrogen) atoms. The first kappa shape index (κ1) is 12.6. The van der Waals surface area contributed by atoms with E-state index in [1.165, 1.54) is 12.1 Å². The average molecular weight is 251 g/mol. The Labute approximate surface area is 105 Å². The van der Waals surface area contributed by atoms with Crippen molar-refractivity contribution in [1.29, 1.82) is 0 Å². The highest BCUT2D eigenvalue weighted by Crippen LogP contribution is 2.30. The number of anilines is 2. The number of nitrogen functional groups attached to an aromatic ring is 1. The molecule has 1 aliphatic rings. The maximum Gasteiger partial charge on any atom is 0.276 e. The average Bonchev–Trinajstić information content (AvgIpc) is 2.67. The van der Waals surface area contributed by atoms with Gasteiger partial charge in [0, 0.05) is 12.6 Å². The Kier molecular flexibility index (Phi) is 3.33. The van der Waals surface area contributed by atoms with Crippen LogP contribution in [0.5, 0.6) is 0 Å². The fourth-order valence-electron chi connectivity index (χ4n) is 2.45. The topological polar surface area (TPSA) is 97.3 Å². The largest absolute Gasteiger partial charge is 0.353 e. The second-order valence-electron chi connectivity index (χ2n) is 4.81. The van der Waals surface area contributed by atoms with Gasteiger partial charge in [-0.15, -0.1) is 0 Å². The lowest BCUT2D eigenvalue weighted by molar-refractivity contribution is -0.384. The van der Waals surface area contributed by atoms with Crippen molar-refractivity contribution < 1.29 is 4.92 Å². The van der Waals surface area contributed by atoms with Gasteiger partial charge in [-0.25, -0.2) is 10.8 Å². The Hall–Kier alpha value is -1.89. The molecule has 1 aromatic heterocycles. The molecule has 98 valence electrons. The molecule has 7 nitrogen and oxygen atoms in total. The van der Waals surface area contributed by atoms with Crippen LogP contribution >= 0.6 is 0 Å². The van der Waals surface area contributed by atoms with Crippen LogP contribution < -0.4 is 16.2 Å². The third kappa shape index (κ3) is 2.35. The summed E-state index contributed by atoms with van der Waals surface area (Å²) in [5.74, 6) is 6.78. The number of hydrogen-bond donors (Lipinski definition) is 2. The number of hydrazine groups is 1. The number of nitrogens with one attached hydrogen (secondary N) is 1. The van der Waals surface area contributed by atoms with Crippen LogP contribution in [0.25, 0.3) is 0 Å². The smallest absolute Gasteiger partial charge is 0.276 e. The van der Waals surface area contributed by atoms with E-state index in [1.807, 2.05) is 0 Å². The van der Waals surface area contributed by atoms with Gasteiger partial charge in [-0.05, 0) is 19.3 Å². The predicted octanol–water partition coefficient (Wildman–Crippen LogP) is 1.51. The minimum Gasteiger partial charge on any atom is -0.353 e. The summed E-state index contributed by atoms with van der Waals surface area (Å²) in [6.07, 6.45) is 1.07. The summed E-state index contributed by atoms with van der Waals surface area (Å²) in [6, 6.07) is 3.16. The highest BCUT2D eigenvalue weighted by atomic mass is 16.6. The number of pyridine rings is 1. The van der Waals surface area contributed by atoms with Gasteiger partial charge < -0.3 is 10.3 Å². The van der Waals surface area contributed by atoms with Gasteiger partial charge in [0.2, 0.25) is 0 Å². The van der Waals surface area contributed by atoms with Crippen LogP contribution in [0, 0.1) is 16.0 Å². The minimum absolute atomic E-state index is 0.000275. The fraction of sp³-hybridized carbons (Fsp3) is 0.545. The van der Waals surface area contributed by atoms with E-state index in [2.05, 4.69) is 29.2 Å². The zero-order valence-electron chi connectivity index (χ0n) is 10.5. The van der Waals surface area contributed by atoms with Crippen LogP contribution in [0.1, 0.15) is 20.3 Å². The molecule has 3 N–H and O–H groups in total. The van der Waals surface area contributed by atoms with Crippen molar-refractivity contribution in [2.24, 2.45) is 11.8 Å². The van der Waals surface area contributed by atoms with Gasteiger partial charge in [0.1, 0.15) is 11.6 Å². The Morgan fingerprint density at radius 2 is 2.28 bits per heavy atom. The Morgan fingerprint density at radius 3 is 2.78 bits per heavy atom. The van der Waals surface area contributed by atoms with Gasteiger partial charge in [0.25, 0.3) is 5.69 Å². The first-order valence-corrected chi connectivity index (χ1v) is 5.91. The molecule has 2 unspecified atom stereocenters. The third-order valence-corrected chi connectivity index (χ3v) is 3.23. The van der Waals surface area contributed by atoms with Crippen molar-refractivity contribution in [3.63, 3.8) is 0 Å². The van der Waals surface area contributed by atoms with Crippen LogP contribution in [0.15, 0.2) is 12.1 Å². The van der Waals surface area contributed by atoms with E-state index < -0.39 is 4.92 Å². The van der Waals surface area contributed by atoms with Crippen molar-refractivity contribution in [3.05, 3.63) is 22.2 Å². The van der Waals surface area contributed by atoms with E-state index in [0.29, 0.717) is 23.6 Å². The van der Waals surface area contributed by atoms with Gasteiger partial charge in [-0.3, -0.25) is 10.1 Å². The second-order valence-corrected chi connectivity index (χ2v) is 4.81. The number of rotatable bonds is 3. The van der Waals surface area contributed by atoms with E-state index >= 15 is 0 Å². The van der Waals surface area contributed by atoms with E-state index in [0.717, 1.165) is 13.0 Å². The van der Waals surface area contributed by atoms with Crippen molar-refractivity contribution in [2.75, 3.05) is 16.9 Å². The molecule has 0 spiro atoms. The molecule has 0 radical (unpaired) electrons. The first-order chi connectivity index (χ1) is 8.51. The number of nitro groups is 1. The Morgan fingerprint density at radius 1 is 1.56 bits per heavy atom. The molecular weight excluding hydrogens is 234 g/mol. The molecule has 1 aromatic rings. The molecule has 0 aromatic carbocycles. The first-order valence-electron chi connectivity index (χ1n) is 5.91. The SMILES string of the molecule is CC1CC(C)N(c2cc([N+](=O)[O-])cc(NN)n2)C1. The van der Waals surface area contributed by atoms with Gasteiger partial charge in [-0.1, -0.05) is 6.92 Å². The number of nitrogens with zero attached hydrogens (tertiary/aromatic N) is 3. The van der Waals surface area contributed by atoms with Crippen LogP contribution in [0.3, 0.4) is 0 Å². The van der Waals surface area contributed by atoms with E-state index in [9.17, 15) is 10.1 Å². The van der Waals surface area contributed by atoms with Crippen LogP contribution in [-0.2, 0) is 0 Å². The van der Waals surface area contributed by atoms with Gasteiger partial charge in [-0.2, -0.15) is 0 Å². The summed E-state index contributed by atoms with van der Waals surface area (Å²) >= 11 is 0. The predicted molar refractivity (Wildman–Crippen MR) is 69.3 cm³/mol. The summed E-state index contributed by atoms with van der Waals surface area (Å²) in [7, 11) is 0. The highest BCUT2D eigenvalue weighted by molar-refractivity contribution is 5.56. The maximum absolute atomic E-state index is 10.9. The van der Waals surface area contributed by atoms with Gasteiger partial charge >= 0.3 is 0 Å².